The Kier molecular flexibility index (Phi) is 5.48. The first-order valence-electron chi connectivity index (χ1n) is 10.5. The van der Waals surface area contributed by atoms with Gasteiger partial charge in [0.1, 0.15) is 5.76 Å². The predicted molar refractivity (Wildman–Crippen MR) is 128 cm³/mol. The van der Waals surface area contributed by atoms with E-state index in [-0.39, 0.29) is 5.76 Å². The molecule has 1 aliphatic rings. The standard InChI is InChI=1S/C29H27O2/c1-5-21-19-23(17-18-28(21)31-4)29(22(6-2)16-15-20(3)30)26-13-9-7-11-24(26)25-12-8-10-14-27(25)29/h5-19,30H,3H2,1-2,4H3/q-1/b16-15-,22-6+. The number of aliphatic hydroxyl groups is 1. The number of methoxy groups -OCH3 is 1. The lowest BCUT2D eigenvalue weighted by Crippen LogP contribution is -2.29. The Morgan fingerprint density at radius 1 is 0.968 bits per heavy atom. The fourth-order valence-corrected chi connectivity index (χ4v) is 4.84. The Hall–Kier alpha value is -3.65. The van der Waals surface area contributed by atoms with Gasteiger partial charge in [-0.3, -0.25) is 0 Å². The molecule has 2 nitrogen and oxygen atoms in total. The van der Waals surface area contributed by atoms with Crippen molar-refractivity contribution < 1.29 is 9.84 Å². The highest BCUT2D eigenvalue weighted by atomic mass is 16.5. The van der Waals surface area contributed by atoms with E-state index in [2.05, 4.69) is 79.7 Å². The minimum absolute atomic E-state index is 0.0337. The van der Waals surface area contributed by atoms with Crippen LogP contribution in [0, 0.1) is 6.42 Å². The van der Waals surface area contributed by atoms with Crippen LogP contribution in [-0.2, 0) is 5.41 Å². The Bertz CT molecular complexity index is 1150. The average molecular weight is 408 g/mol. The highest BCUT2D eigenvalue weighted by molar-refractivity contribution is 5.86. The molecular weight excluding hydrogens is 380 g/mol. The van der Waals surface area contributed by atoms with E-state index < -0.39 is 5.41 Å². The molecule has 3 aromatic carbocycles. The number of fused-ring (bicyclic) bond motifs is 3. The van der Waals surface area contributed by atoms with Crippen LogP contribution in [0.25, 0.3) is 11.1 Å². The van der Waals surface area contributed by atoms with Gasteiger partial charge in [-0.25, -0.2) is 0 Å². The molecule has 0 amide bonds. The highest BCUT2D eigenvalue weighted by Crippen LogP contribution is 2.56. The lowest BCUT2D eigenvalue weighted by molar-refractivity contribution is 0.412. The topological polar surface area (TPSA) is 29.5 Å². The molecule has 0 atom stereocenters. The van der Waals surface area contributed by atoms with Crippen molar-refractivity contribution in [3.05, 3.63) is 132 Å². The minimum Gasteiger partial charge on any atom is -0.554 e. The van der Waals surface area contributed by atoms with E-state index in [1.54, 1.807) is 13.2 Å². The molecule has 0 unspecified atom stereocenters. The first-order valence-corrected chi connectivity index (χ1v) is 10.5. The van der Waals surface area contributed by atoms with E-state index in [4.69, 9.17) is 4.74 Å². The molecule has 1 N–H and O–H groups in total. The minimum atomic E-state index is -0.516. The fourth-order valence-electron chi connectivity index (χ4n) is 4.84. The monoisotopic (exact) mass is 407 g/mol. The smallest absolute Gasteiger partial charge is 0.108 e. The molecule has 0 aliphatic heterocycles. The van der Waals surface area contributed by atoms with E-state index in [9.17, 15) is 5.11 Å². The average Bonchev–Trinajstić information content (AvgIpc) is 3.10. The number of allylic oxidation sites excluding steroid dienone is 4. The Balaban J connectivity index is 2.13. The SMILES string of the molecule is C=C(O)/C=C\C(=C/C)C1(c2ccc(OC)c([CH-]C)c2)c2ccccc2-c2ccccc21. The van der Waals surface area contributed by atoms with Crippen molar-refractivity contribution in [2.45, 2.75) is 19.3 Å². The van der Waals surface area contributed by atoms with Gasteiger partial charge in [0.05, 0.1) is 12.5 Å². The van der Waals surface area contributed by atoms with E-state index in [1.807, 2.05) is 26.0 Å². The van der Waals surface area contributed by atoms with Gasteiger partial charge in [0, 0.05) is 5.75 Å². The zero-order chi connectivity index (χ0) is 22.0. The maximum absolute atomic E-state index is 9.81. The number of rotatable bonds is 6. The van der Waals surface area contributed by atoms with Crippen molar-refractivity contribution in [3.8, 4) is 16.9 Å². The maximum atomic E-state index is 9.81. The van der Waals surface area contributed by atoms with Crippen molar-refractivity contribution in [2.24, 2.45) is 0 Å². The van der Waals surface area contributed by atoms with Crippen molar-refractivity contribution in [3.63, 3.8) is 0 Å². The quantitative estimate of drug-likeness (QED) is 0.267. The number of aliphatic hydroxyl groups excluding tert-OH is 1. The lowest BCUT2D eigenvalue weighted by atomic mass is 9.66. The van der Waals surface area contributed by atoms with Gasteiger partial charge in [0.25, 0.3) is 0 Å². The molecule has 156 valence electrons. The third kappa shape index (κ3) is 3.16. The molecule has 0 fully saturated rings. The van der Waals surface area contributed by atoms with Gasteiger partial charge in [-0.2, -0.15) is 18.1 Å². The van der Waals surface area contributed by atoms with Gasteiger partial charge in [-0.15, -0.1) is 0 Å². The first-order chi connectivity index (χ1) is 15.1. The summed E-state index contributed by atoms with van der Waals surface area (Å²) >= 11 is 0. The second kappa shape index (κ2) is 8.23. The van der Waals surface area contributed by atoms with Crippen molar-refractivity contribution >= 4 is 0 Å². The summed E-state index contributed by atoms with van der Waals surface area (Å²) in [5.41, 5.74) is 7.67. The second-order valence-corrected chi connectivity index (χ2v) is 7.66. The summed E-state index contributed by atoms with van der Waals surface area (Å²) in [6.45, 7) is 7.71. The molecule has 0 bridgehead atoms. The van der Waals surface area contributed by atoms with Crippen LogP contribution in [-0.4, -0.2) is 12.2 Å². The summed E-state index contributed by atoms with van der Waals surface area (Å²) in [6, 6.07) is 23.6. The molecule has 2 heteroatoms. The maximum Gasteiger partial charge on any atom is 0.108 e. The summed E-state index contributed by atoms with van der Waals surface area (Å²) < 4.78 is 5.59. The van der Waals surface area contributed by atoms with Crippen molar-refractivity contribution in [2.75, 3.05) is 7.11 Å². The van der Waals surface area contributed by atoms with Gasteiger partial charge in [-0.1, -0.05) is 91.9 Å². The van der Waals surface area contributed by atoms with E-state index in [0.717, 1.165) is 22.4 Å². The molecule has 3 aromatic rings. The Morgan fingerprint density at radius 3 is 2.10 bits per heavy atom. The number of benzene rings is 3. The molecule has 31 heavy (non-hydrogen) atoms. The van der Waals surface area contributed by atoms with Gasteiger partial charge >= 0.3 is 0 Å². The van der Waals surface area contributed by atoms with E-state index in [0.29, 0.717) is 0 Å². The summed E-state index contributed by atoms with van der Waals surface area (Å²) in [5.74, 6) is 0.883. The van der Waals surface area contributed by atoms with Crippen LogP contribution in [0.3, 0.4) is 0 Å². The first kappa shape index (κ1) is 20.6. The van der Waals surface area contributed by atoms with Gasteiger partial charge < -0.3 is 9.84 Å². The predicted octanol–water partition coefficient (Wildman–Crippen LogP) is 7.16. The fraction of sp³-hybridized carbons (Fsp3) is 0.138. The third-order valence-electron chi connectivity index (χ3n) is 6.13. The van der Waals surface area contributed by atoms with Crippen LogP contribution in [0.2, 0.25) is 0 Å². The number of hydrogen-bond acceptors (Lipinski definition) is 2. The molecule has 0 aromatic heterocycles. The molecular formula is C29H27O2-. The Morgan fingerprint density at radius 2 is 1.58 bits per heavy atom. The van der Waals surface area contributed by atoms with Crippen molar-refractivity contribution in [1.82, 2.24) is 0 Å². The van der Waals surface area contributed by atoms with Crippen LogP contribution in [0.1, 0.15) is 36.1 Å². The van der Waals surface area contributed by atoms with Crippen molar-refractivity contribution in [1.29, 1.82) is 0 Å². The van der Waals surface area contributed by atoms with Crippen LogP contribution < -0.4 is 4.74 Å². The molecule has 0 saturated heterocycles. The summed E-state index contributed by atoms with van der Waals surface area (Å²) in [5, 5.41) is 9.81. The molecule has 0 saturated carbocycles. The van der Waals surface area contributed by atoms with Crippen LogP contribution in [0.5, 0.6) is 5.75 Å². The molecule has 0 radical (unpaired) electrons. The zero-order valence-electron chi connectivity index (χ0n) is 18.2. The van der Waals surface area contributed by atoms with E-state index in [1.165, 1.54) is 22.3 Å². The van der Waals surface area contributed by atoms with Crippen LogP contribution >= 0.6 is 0 Å². The molecule has 4 rings (SSSR count). The van der Waals surface area contributed by atoms with Gasteiger partial charge in [0.2, 0.25) is 0 Å². The molecule has 1 aliphatic carbocycles. The van der Waals surface area contributed by atoms with Gasteiger partial charge in [-0.05, 0) is 40.8 Å². The number of ether oxygens (including phenoxy) is 1. The summed E-state index contributed by atoms with van der Waals surface area (Å²) in [7, 11) is 1.70. The molecule has 0 heterocycles. The van der Waals surface area contributed by atoms with Crippen LogP contribution in [0.4, 0.5) is 0 Å². The zero-order valence-corrected chi connectivity index (χ0v) is 18.2. The lowest BCUT2D eigenvalue weighted by Gasteiger charge is -2.37. The Labute approximate surface area is 184 Å². The van der Waals surface area contributed by atoms with E-state index >= 15 is 0 Å². The summed E-state index contributed by atoms with van der Waals surface area (Å²) in [4.78, 5) is 0. The van der Waals surface area contributed by atoms with Crippen LogP contribution in [0.15, 0.2) is 103 Å². The molecule has 0 spiro atoms. The third-order valence-corrected chi connectivity index (χ3v) is 6.13. The number of hydrogen-bond donors (Lipinski definition) is 1. The second-order valence-electron chi connectivity index (χ2n) is 7.66. The van der Waals surface area contributed by atoms with Gasteiger partial charge in [0.15, 0.2) is 0 Å². The normalized spacial score (nSPS) is 14.2. The summed E-state index contributed by atoms with van der Waals surface area (Å²) in [6.07, 6.45) is 7.83. The largest absolute Gasteiger partial charge is 0.554 e. The highest BCUT2D eigenvalue weighted by Gasteiger charge is 2.45.